The van der Waals surface area contributed by atoms with Crippen molar-refractivity contribution < 1.29 is 0 Å². The molecule has 4 heterocycles. The van der Waals surface area contributed by atoms with Crippen LogP contribution in [0.5, 0.6) is 0 Å². The second kappa shape index (κ2) is 28.4. The Hall–Kier alpha value is -7.32. The number of unbranched alkanes of at least 4 members (excludes halogenated alkanes) is 12. The van der Waals surface area contributed by atoms with Gasteiger partial charge in [-0.05, 0) is 97.3 Å². The molecule has 1 aliphatic carbocycles. The molecule has 0 spiro atoms. The molecule has 0 fully saturated rings. The lowest BCUT2D eigenvalue weighted by Gasteiger charge is -2.23. The number of hydrogen-bond acceptors (Lipinski definition) is 5. The van der Waals surface area contributed by atoms with Crippen LogP contribution in [0.1, 0.15) is 195 Å². The van der Waals surface area contributed by atoms with Crippen molar-refractivity contribution in [3.63, 3.8) is 0 Å². The Morgan fingerprint density at radius 3 is 1.46 bits per heavy atom. The maximum atomic E-state index is 5.18. The van der Waals surface area contributed by atoms with Crippen LogP contribution in [-0.2, 0) is 19.3 Å². The van der Waals surface area contributed by atoms with Crippen molar-refractivity contribution >= 4 is 16.9 Å². The third-order valence-electron chi connectivity index (χ3n) is 17.3. The van der Waals surface area contributed by atoms with Gasteiger partial charge in [0.1, 0.15) is 0 Å². The van der Waals surface area contributed by atoms with Crippen molar-refractivity contribution in [2.75, 3.05) is 0 Å². The third kappa shape index (κ3) is 13.6. The highest BCUT2D eigenvalue weighted by Gasteiger charge is 2.34. The molecule has 5 aromatic carbocycles. The minimum Gasteiger partial charge on any atom is -0.302 e. The summed E-state index contributed by atoms with van der Waals surface area (Å²) in [6, 6.07) is 48.9. The van der Waals surface area contributed by atoms with Gasteiger partial charge in [0.25, 0.3) is 0 Å². The molecule has 1 aliphatic heterocycles. The number of hydrogen-bond donors (Lipinski definition) is 4. The van der Waals surface area contributed by atoms with Gasteiger partial charge in [-0.3, -0.25) is 15.3 Å². The van der Waals surface area contributed by atoms with Crippen LogP contribution in [-0.4, -0.2) is 36.3 Å². The standard InChI is InChI=1S/C73H88N8/c1-6-10-14-16-26-40-63-67(54-32-24-19-25-33-54)75-78-70(63)57-34-28-35-58(49-57)71-64(41-27-17-15-11-7-2)68(76-79-71)55-44-42-52(43-45-55)56-46-47-61(51(5)48-56)73-65(39-21-13-9-4)72(80-81-73)60-37-29-36-59(50-60)69-62(38-20-12-8-3)66(74-77-69)53-30-22-18-23-31-53/h18-19,22-25,28-37,42-47,49-51,62,69,77H,6-17,20-21,26-27,38-41,48H2,1-5H3,(H,75,78)(H,76,79)(H,80,81). The Kier molecular flexibility index (Phi) is 20.0. The van der Waals surface area contributed by atoms with E-state index < -0.39 is 0 Å². The van der Waals surface area contributed by atoms with Crippen molar-refractivity contribution in [3.8, 4) is 56.3 Å². The van der Waals surface area contributed by atoms with Gasteiger partial charge in [-0.2, -0.15) is 20.4 Å². The van der Waals surface area contributed by atoms with Crippen molar-refractivity contribution in [2.45, 2.75) is 175 Å². The summed E-state index contributed by atoms with van der Waals surface area (Å²) in [4.78, 5) is 0. The predicted octanol–water partition coefficient (Wildman–Crippen LogP) is 19.7. The van der Waals surface area contributed by atoms with Gasteiger partial charge in [0, 0.05) is 50.4 Å². The van der Waals surface area contributed by atoms with E-state index in [2.05, 4.69) is 201 Å². The zero-order valence-electron chi connectivity index (χ0n) is 49.2. The number of benzene rings is 5. The van der Waals surface area contributed by atoms with E-state index in [-0.39, 0.29) is 6.04 Å². The molecule has 3 aromatic heterocycles. The molecule has 0 amide bonds. The Balaban J connectivity index is 0.907. The van der Waals surface area contributed by atoms with Gasteiger partial charge >= 0.3 is 0 Å². The first-order chi connectivity index (χ1) is 40.0. The molecule has 8 heteroatoms. The van der Waals surface area contributed by atoms with E-state index in [0.29, 0.717) is 11.8 Å². The molecule has 0 bridgehead atoms. The summed E-state index contributed by atoms with van der Waals surface area (Å²) in [5.74, 6) is 0.609. The molecule has 0 saturated heterocycles. The molecule has 8 aromatic rings. The lowest BCUT2D eigenvalue weighted by Crippen LogP contribution is -2.22. The van der Waals surface area contributed by atoms with Crippen LogP contribution in [0.15, 0.2) is 151 Å². The first-order valence-corrected chi connectivity index (χ1v) is 31.4. The molecular formula is C73H88N8. The molecule has 81 heavy (non-hydrogen) atoms. The van der Waals surface area contributed by atoms with Gasteiger partial charge in [-0.1, -0.05) is 252 Å². The number of H-pyrrole nitrogens is 3. The molecule has 2 aliphatic rings. The number of allylic oxidation sites excluding steroid dienone is 4. The van der Waals surface area contributed by atoms with Gasteiger partial charge in [0.2, 0.25) is 0 Å². The highest BCUT2D eigenvalue weighted by atomic mass is 15.3. The van der Waals surface area contributed by atoms with Gasteiger partial charge in [0.15, 0.2) is 0 Å². The second-order valence-electron chi connectivity index (χ2n) is 23.2. The first kappa shape index (κ1) is 56.9. The summed E-state index contributed by atoms with van der Waals surface area (Å²) >= 11 is 0. The van der Waals surface area contributed by atoms with E-state index in [9.17, 15) is 0 Å². The van der Waals surface area contributed by atoms with Crippen LogP contribution in [0.4, 0.5) is 0 Å². The summed E-state index contributed by atoms with van der Waals surface area (Å²) in [6.07, 6.45) is 29.2. The van der Waals surface area contributed by atoms with Crippen LogP contribution < -0.4 is 5.43 Å². The Morgan fingerprint density at radius 2 is 0.877 bits per heavy atom. The number of nitrogens with zero attached hydrogens (tertiary/aromatic N) is 4. The second-order valence-corrected chi connectivity index (χ2v) is 23.2. The fourth-order valence-electron chi connectivity index (χ4n) is 12.7. The average Bonchev–Trinajstić information content (AvgIpc) is 4.50. The van der Waals surface area contributed by atoms with E-state index in [4.69, 9.17) is 20.4 Å². The SMILES string of the molecule is CCCCCCCc1c(-c2ccccc2)n[nH]c1-c1cccc(-c2[nH]nc(-c3ccc(C4=CC=C(c5n[nH]c(-c6cccc(C7NN=C(c8ccccc8)C7CCCCC)c6)c5CCCCC)C(C)C4)cc3)c2CCCCCCC)c1. The first-order valence-electron chi connectivity index (χ1n) is 31.4. The van der Waals surface area contributed by atoms with E-state index in [1.54, 1.807) is 0 Å². The fourth-order valence-corrected chi connectivity index (χ4v) is 12.7. The largest absolute Gasteiger partial charge is 0.302 e. The highest BCUT2D eigenvalue weighted by molar-refractivity contribution is 6.03. The zero-order chi connectivity index (χ0) is 55.8. The van der Waals surface area contributed by atoms with E-state index in [1.165, 1.54) is 139 Å². The number of aromatic amines is 3. The van der Waals surface area contributed by atoms with Crippen molar-refractivity contribution in [1.29, 1.82) is 0 Å². The molecule has 3 atom stereocenters. The summed E-state index contributed by atoms with van der Waals surface area (Å²) in [5.41, 5.74) is 27.6. The molecule has 0 radical (unpaired) electrons. The van der Waals surface area contributed by atoms with Gasteiger partial charge < -0.3 is 5.43 Å². The molecule has 3 unspecified atom stereocenters. The highest BCUT2D eigenvalue weighted by Crippen LogP contribution is 2.42. The molecule has 8 nitrogen and oxygen atoms in total. The van der Waals surface area contributed by atoms with Crippen molar-refractivity contribution in [3.05, 3.63) is 185 Å². The van der Waals surface area contributed by atoms with Crippen LogP contribution in [0.2, 0.25) is 0 Å². The van der Waals surface area contributed by atoms with E-state index in [0.717, 1.165) is 108 Å². The zero-order valence-corrected chi connectivity index (χ0v) is 49.2. The van der Waals surface area contributed by atoms with Crippen LogP contribution >= 0.6 is 0 Å². The Labute approximate surface area is 483 Å². The van der Waals surface area contributed by atoms with Crippen molar-refractivity contribution in [1.82, 2.24) is 36.0 Å². The smallest absolute Gasteiger partial charge is 0.0959 e. The maximum absolute atomic E-state index is 5.18. The van der Waals surface area contributed by atoms with Crippen LogP contribution in [0.25, 0.3) is 67.4 Å². The number of hydrazone groups is 1. The van der Waals surface area contributed by atoms with Crippen LogP contribution in [0.3, 0.4) is 0 Å². The molecule has 420 valence electrons. The van der Waals surface area contributed by atoms with Crippen molar-refractivity contribution in [2.24, 2.45) is 16.9 Å². The average molecular weight is 1080 g/mol. The number of aromatic nitrogens is 6. The monoisotopic (exact) mass is 1080 g/mol. The van der Waals surface area contributed by atoms with Gasteiger partial charge in [-0.15, -0.1) is 0 Å². The number of rotatable bonds is 29. The topological polar surface area (TPSA) is 110 Å². The van der Waals surface area contributed by atoms with Crippen LogP contribution in [0, 0.1) is 11.8 Å². The Morgan fingerprint density at radius 1 is 0.420 bits per heavy atom. The summed E-state index contributed by atoms with van der Waals surface area (Å²) in [6.45, 7) is 11.5. The summed E-state index contributed by atoms with van der Waals surface area (Å²) in [7, 11) is 0. The minimum atomic E-state index is 0.121. The lowest BCUT2D eigenvalue weighted by molar-refractivity contribution is 0.453. The molecule has 0 saturated carbocycles. The maximum Gasteiger partial charge on any atom is 0.0959 e. The molecule has 4 N–H and O–H groups in total. The molecule has 10 rings (SSSR count). The summed E-state index contributed by atoms with van der Waals surface area (Å²) in [5, 5.41) is 31.0. The van der Waals surface area contributed by atoms with Gasteiger partial charge in [-0.25, -0.2) is 0 Å². The fraction of sp³-hybridized carbons (Fsp3) is 0.397. The normalized spacial score (nSPS) is 16.1. The Bertz CT molecular complexity index is 3350. The third-order valence-corrected chi connectivity index (χ3v) is 17.3. The summed E-state index contributed by atoms with van der Waals surface area (Å²) < 4.78 is 0. The molecular weight excluding hydrogens is 989 g/mol. The predicted molar refractivity (Wildman–Crippen MR) is 341 cm³/mol. The quantitative estimate of drug-likeness (QED) is 0.0350. The van der Waals surface area contributed by atoms with Gasteiger partial charge in [0.05, 0.1) is 45.9 Å². The van der Waals surface area contributed by atoms with E-state index in [1.807, 2.05) is 0 Å². The minimum absolute atomic E-state index is 0.121. The number of nitrogens with one attached hydrogen (secondary N) is 4. The van der Waals surface area contributed by atoms with E-state index >= 15 is 0 Å². The lowest BCUT2D eigenvalue weighted by atomic mass is 9.82.